The molecule has 0 saturated carbocycles. The maximum absolute atomic E-state index is 12.1. The predicted octanol–water partition coefficient (Wildman–Crippen LogP) is 4.52. The fourth-order valence-corrected chi connectivity index (χ4v) is 4.76. The van der Waals surface area contributed by atoms with Crippen molar-refractivity contribution in [3.8, 4) is 0 Å². The van der Waals surface area contributed by atoms with Gasteiger partial charge in [0.25, 0.3) is 0 Å². The molecule has 0 bridgehead atoms. The van der Waals surface area contributed by atoms with E-state index in [1.54, 1.807) is 0 Å². The van der Waals surface area contributed by atoms with Gasteiger partial charge in [0.1, 0.15) is 0 Å². The van der Waals surface area contributed by atoms with Crippen LogP contribution < -0.4 is 0 Å². The van der Waals surface area contributed by atoms with Gasteiger partial charge in [-0.2, -0.15) is 0 Å². The third kappa shape index (κ3) is 4.57. The second kappa shape index (κ2) is 8.91. The Morgan fingerprint density at radius 1 is 1.19 bits per heavy atom. The molecule has 1 fully saturated rings. The number of fused-ring (bicyclic) bond motifs is 2. The van der Waals surface area contributed by atoms with E-state index in [1.165, 1.54) is 12.7 Å². The molecule has 1 saturated heterocycles. The molecule has 172 valence electrons. The number of aliphatic imine (C=N–C) groups is 1. The Balaban J connectivity index is 1.60. The van der Waals surface area contributed by atoms with Crippen LogP contribution in [0.25, 0.3) is 0 Å². The molecule has 4 rings (SSSR count). The molecule has 0 aliphatic carbocycles. The number of amidine groups is 1. The van der Waals surface area contributed by atoms with E-state index in [2.05, 4.69) is 40.5 Å². The minimum atomic E-state index is -0.518. The van der Waals surface area contributed by atoms with Crippen LogP contribution in [0.4, 0.5) is 5.69 Å². The third-order valence-electron chi connectivity index (χ3n) is 6.45. The first-order valence-electron chi connectivity index (χ1n) is 11.3. The number of rotatable bonds is 4. The molecule has 1 aromatic heterocycles. The minimum absolute atomic E-state index is 0.164. The zero-order chi connectivity index (χ0) is 23.0. The average Bonchev–Trinajstić information content (AvgIpc) is 3.10. The smallest absolute Gasteiger partial charge is 0.312 e. The molecule has 0 amide bonds. The highest BCUT2D eigenvalue weighted by atomic mass is 35.5. The van der Waals surface area contributed by atoms with Crippen molar-refractivity contribution in [2.45, 2.75) is 40.2 Å². The van der Waals surface area contributed by atoms with Crippen molar-refractivity contribution in [1.29, 1.82) is 0 Å². The van der Waals surface area contributed by atoms with Gasteiger partial charge >= 0.3 is 5.97 Å². The van der Waals surface area contributed by atoms with Crippen molar-refractivity contribution >= 4 is 29.1 Å². The Morgan fingerprint density at radius 3 is 2.56 bits per heavy atom. The molecule has 0 spiro atoms. The number of carbonyl (C=O) groups is 1. The van der Waals surface area contributed by atoms with Gasteiger partial charge < -0.3 is 14.2 Å². The maximum Gasteiger partial charge on any atom is 0.312 e. The zero-order valence-electron chi connectivity index (χ0n) is 19.7. The van der Waals surface area contributed by atoms with Crippen LogP contribution in [0.5, 0.6) is 0 Å². The third-order valence-corrected chi connectivity index (χ3v) is 6.69. The van der Waals surface area contributed by atoms with E-state index < -0.39 is 5.41 Å². The Bertz CT molecular complexity index is 1030. The number of carbonyl (C=O) groups excluding carboxylic acids is 1. The summed E-state index contributed by atoms with van der Waals surface area (Å²) in [4.78, 5) is 22.0. The summed E-state index contributed by atoms with van der Waals surface area (Å²) >= 11 is 6.29. The molecule has 0 N–H and O–H groups in total. The number of aromatic nitrogens is 1. The van der Waals surface area contributed by atoms with Crippen molar-refractivity contribution in [3.63, 3.8) is 0 Å². The summed E-state index contributed by atoms with van der Waals surface area (Å²) in [5, 5.41) is 0.738. The number of hydrogen-bond acceptors (Lipinski definition) is 5. The standard InChI is InChI=1S/C25H33ClN4O2/c1-17(2)18-13-22-23(27-21-7-6-20(26)12-19(21)15-30(22)14-18)29-10-8-28(9-11-29)16-25(3,4)24(31)32-5/h6-7,12-14,17H,8-11,15-16H2,1-5H3. The van der Waals surface area contributed by atoms with Crippen LogP contribution >= 0.6 is 11.6 Å². The molecular weight excluding hydrogens is 424 g/mol. The summed E-state index contributed by atoms with van der Waals surface area (Å²) in [5.41, 5.74) is 4.07. The van der Waals surface area contributed by atoms with Crippen molar-refractivity contribution < 1.29 is 9.53 Å². The van der Waals surface area contributed by atoms with E-state index in [0.717, 1.165) is 60.5 Å². The Labute approximate surface area is 195 Å². The van der Waals surface area contributed by atoms with Gasteiger partial charge in [-0.3, -0.25) is 9.69 Å². The first-order chi connectivity index (χ1) is 15.2. The quantitative estimate of drug-likeness (QED) is 0.634. The highest BCUT2D eigenvalue weighted by Gasteiger charge is 2.33. The molecule has 0 radical (unpaired) electrons. The Hall–Kier alpha value is -2.31. The normalized spacial score (nSPS) is 17.0. The highest BCUT2D eigenvalue weighted by Crippen LogP contribution is 2.31. The Kier molecular flexibility index (Phi) is 6.37. The van der Waals surface area contributed by atoms with Gasteiger partial charge in [-0.1, -0.05) is 25.4 Å². The van der Waals surface area contributed by atoms with Crippen LogP contribution in [0.15, 0.2) is 35.5 Å². The van der Waals surface area contributed by atoms with E-state index >= 15 is 0 Å². The average molecular weight is 457 g/mol. The van der Waals surface area contributed by atoms with Crippen LogP contribution in [0.1, 0.15) is 50.4 Å². The van der Waals surface area contributed by atoms with Gasteiger partial charge in [0.2, 0.25) is 0 Å². The summed E-state index contributed by atoms with van der Waals surface area (Å²) < 4.78 is 7.29. The number of methoxy groups -OCH3 is 1. The van der Waals surface area contributed by atoms with E-state index in [-0.39, 0.29) is 5.97 Å². The summed E-state index contributed by atoms with van der Waals surface area (Å²) in [7, 11) is 1.46. The Morgan fingerprint density at radius 2 is 1.91 bits per heavy atom. The van der Waals surface area contributed by atoms with Crippen LogP contribution in [0, 0.1) is 5.41 Å². The van der Waals surface area contributed by atoms with Crippen LogP contribution in [-0.2, 0) is 16.1 Å². The van der Waals surface area contributed by atoms with Crippen molar-refractivity contribution in [3.05, 3.63) is 52.3 Å². The first-order valence-corrected chi connectivity index (χ1v) is 11.7. The van der Waals surface area contributed by atoms with Gasteiger partial charge in [-0.15, -0.1) is 0 Å². The van der Waals surface area contributed by atoms with E-state index in [4.69, 9.17) is 21.3 Å². The maximum atomic E-state index is 12.1. The highest BCUT2D eigenvalue weighted by molar-refractivity contribution is 6.30. The largest absolute Gasteiger partial charge is 0.469 e. The van der Waals surface area contributed by atoms with Gasteiger partial charge in [-0.25, -0.2) is 4.99 Å². The monoisotopic (exact) mass is 456 g/mol. The fraction of sp³-hybridized carbons (Fsp3) is 0.520. The fourth-order valence-electron chi connectivity index (χ4n) is 4.56. The van der Waals surface area contributed by atoms with E-state index in [1.807, 2.05) is 32.0 Å². The van der Waals surface area contributed by atoms with Crippen molar-refractivity contribution in [1.82, 2.24) is 14.4 Å². The molecule has 6 nitrogen and oxygen atoms in total. The predicted molar refractivity (Wildman–Crippen MR) is 129 cm³/mol. The lowest BCUT2D eigenvalue weighted by Gasteiger charge is -2.39. The lowest BCUT2D eigenvalue weighted by Crippen LogP contribution is -2.52. The van der Waals surface area contributed by atoms with Crippen LogP contribution in [-0.4, -0.2) is 66.0 Å². The molecule has 1 aromatic carbocycles. The SMILES string of the molecule is COC(=O)C(C)(C)CN1CCN(C2=Nc3ccc(Cl)cc3Cn3cc(C(C)C)cc32)CC1. The first kappa shape index (κ1) is 22.9. The molecule has 0 atom stereocenters. The second-order valence-corrected chi connectivity index (χ2v) is 10.2. The number of nitrogens with zero attached hydrogens (tertiary/aromatic N) is 4. The molecule has 7 heteroatoms. The van der Waals surface area contributed by atoms with Gasteiger partial charge in [-0.05, 0) is 55.2 Å². The lowest BCUT2D eigenvalue weighted by atomic mass is 9.92. The minimum Gasteiger partial charge on any atom is -0.469 e. The molecule has 2 aromatic rings. The topological polar surface area (TPSA) is 50.1 Å². The van der Waals surface area contributed by atoms with Crippen LogP contribution in [0.2, 0.25) is 5.02 Å². The summed E-state index contributed by atoms with van der Waals surface area (Å²) in [6.07, 6.45) is 2.25. The molecule has 2 aliphatic heterocycles. The molecule has 0 unspecified atom stereocenters. The number of piperazine rings is 1. The molecular formula is C25H33ClN4O2. The van der Waals surface area contributed by atoms with Crippen molar-refractivity contribution in [2.24, 2.45) is 10.4 Å². The number of esters is 1. The van der Waals surface area contributed by atoms with Crippen molar-refractivity contribution in [2.75, 3.05) is 39.8 Å². The van der Waals surface area contributed by atoms with Crippen LogP contribution in [0.3, 0.4) is 0 Å². The lowest BCUT2D eigenvalue weighted by molar-refractivity contribution is -0.152. The van der Waals surface area contributed by atoms with E-state index in [0.29, 0.717) is 12.5 Å². The molecule has 2 aliphatic rings. The number of halogens is 1. The summed E-state index contributed by atoms with van der Waals surface area (Å²) in [6.45, 7) is 13.3. The number of ether oxygens (including phenoxy) is 1. The summed E-state index contributed by atoms with van der Waals surface area (Å²) in [6, 6.07) is 8.23. The van der Waals surface area contributed by atoms with E-state index in [9.17, 15) is 4.79 Å². The second-order valence-electron chi connectivity index (χ2n) is 9.79. The molecule has 3 heterocycles. The summed E-state index contributed by atoms with van der Waals surface area (Å²) in [5.74, 6) is 1.30. The zero-order valence-corrected chi connectivity index (χ0v) is 20.4. The van der Waals surface area contributed by atoms with Gasteiger partial charge in [0, 0.05) is 50.5 Å². The van der Waals surface area contributed by atoms with Gasteiger partial charge in [0.15, 0.2) is 5.84 Å². The number of hydrogen-bond donors (Lipinski definition) is 0. The van der Waals surface area contributed by atoms with Gasteiger partial charge in [0.05, 0.1) is 23.9 Å². The molecule has 32 heavy (non-hydrogen) atoms. The number of benzene rings is 1.